The van der Waals surface area contributed by atoms with Crippen molar-refractivity contribution in [1.29, 1.82) is 0 Å². The van der Waals surface area contributed by atoms with Crippen LogP contribution < -0.4 is 15.8 Å². The molecular weight excluding hydrogens is 246 g/mol. The van der Waals surface area contributed by atoms with E-state index in [2.05, 4.69) is 20.3 Å². The van der Waals surface area contributed by atoms with Gasteiger partial charge in [-0.15, -0.1) is 0 Å². The molecule has 1 rings (SSSR count). The van der Waals surface area contributed by atoms with Crippen molar-refractivity contribution >= 4 is 11.9 Å². The lowest BCUT2D eigenvalue weighted by Gasteiger charge is -2.24. The van der Waals surface area contributed by atoms with Crippen LogP contribution in [0.1, 0.15) is 34.1 Å². The highest BCUT2D eigenvalue weighted by atomic mass is 16.5. The molecule has 7 heteroatoms. The van der Waals surface area contributed by atoms with Crippen molar-refractivity contribution < 1.29 is 9.47 Å². The molecule has 108 valence electrons. The van der Waals surface area contributed by atoms with E-state index in [0.717, 1.165) is 6.42 Å². The Morgan fingerprint density at radius 1 is 1.21 bits per heavy atom. The summed E-state index contributed by atoms with van der Waals surface area (Å²) in [5.74, 6) is 0.532. The summed E-state index contributed by atoms with van der Waals surface area (Å²) in [6.07, 6.45) is 0.881. The maximum absolute atomic E-state index is 5.62. The van der Waals surface area contributed by atoms with Gasteiger partial charge in [0.2, 0.25) is 11.9 Å². The standard InChI is InChI=1S/C12H23N5O2/c1-5-7-18-11-16-9(13)15-10(17-11)14-8-12(3,4)19-6-2/h5-8H2,1-4H3,(H3,13,14,15,16,17). The van der Waals surface area contributed by atoms with E-state index in [0.29, 0.717) is 25.7 Å². The molecule has 0 saturated carbocycles. The highest BCUT2D eigenvalue weighted by Gasteiger charge is 2.18. The van der Waals surface area contributed by atoms with Crippen LogP contribution in [0.4, 0.5) is 11.9 Å². The summed E-state index contributed by atoms with van der Waals surface area (Å²) in [5, 5.41) is 3.08. The summed E-state index contributed by atoms with van der Waals surface area (Å²) < 4.78 is 10.9. The van der Waals surface area contributed by atoms with Crippen molar-refractivity contribution in [3.05, 3.63) is 0 Å². The minimum absolute atomic E-state index is 0.137. The third-order valence-corrected chi connectivity index (χ3v) is 2.27. The Labute approximate surface area is 113 Å². The van der Waals surface area contributed by atoms with Crippen LogP contribution in [0.5, 0.6) is 6.01 Å². The van der Waals surface area contributed by atoms with Gasteiger partial charge in [-0.1, -0.05) is 6.92 Å². The Bertz CT molecular complexity index is 398. The molecule has 0 aliphatic heterocycles. The van der Waals surface area contributed by atoms with Gasteiger partial charge in [-0.2, -0.15) is 15.0 Å². The monoisotopic (exact) mass is 269 g/mol. The van der Waals surface area contributed by atoms with Crippen molar-refractivity contribution in [2.24, 2.45) is 0 Å². The number of nitrogens with one attached hydrogen (secondary N) is 1. The number of nitrogens with two attached hydrogens (primary N) is 1. The molecule has 0 atom stereocenters. The van der Waals surface area contributed by atoms with Crippen molar-refractivity contribution in [2.75, 3.05) is 30.8 Å². The molecule has 0 bridgehead atoms. The second-order valence-corrected chi connectivity index (χ2v) is 4.69. The van der Waals surface area contributed by atoms with Crippen molar-refractivity contribution in [3.63, 3.8) is 0 Å². The maximum atomic E-state index is 5.62. The lowest BCUT2D eigenvalue weighted by molar-refractivity contribution is 0.000567. The van der Waals surface area contributed by atoms with E-state index in [1.165, 1.54) is 0 Å². The van der Waals surface area contributed by atoms with Gasteiger partial charge in [0.1, 0.15) is 0 Å². The third-order valence-electron chi connectivity index (χ3n) is 2.27. The predicted octanol–water partition coefficient (Wildman–Crippen LogP) is 1.47. The molecule has 0 radical (unpaired) electrons. The van der Waals surface area contributed by atoms with Gasteiger partial charge in [-0.3, -0.25) is 0 Å². The van der Waals surface area contributed by atoms with Crippen molar-refractivity contribution in [1.82, 2.24) is 15.0 Å². The summed E-state index contributed by atoms with van der Waals surface area (Å²) in [6, 6.07) is 0.242. The zero-order chi connectivity index (χ0) is 14.3. The van der Waals surface area contributed by atoms with Crippen LogP contribution in [0.25, 0.3) is 0 Å². The molecular formula is C12H23N5O2. The Balaban J connectivity index is 2.65. The fourth-order valence-corrected chi connectivity index (χ4v) is 1.44. The van der Waals surface area contributed by atoms with Gasteiger partial charge in [0.05, 0.1) is 12.2 Å². The van der Waals surface area contributed by atoms with Crippen LogP contribution in [0, 0.1) is 0 Å². The van der Waals surface area contributed by atoms with Gasteiger partial charge >= 0.3 is 6.01 Å². The molecule has 3 N–H and O–H groups in total. The molecule has 0 spiro atoms. The van der Waals surface area contributed by atoms with Gasteiger partial charge in [0.25, 0.3) is 0 Å². The van der Waals surface area contributed by atoms with E-state index in [-0.39, 0.29) is 17.6 Å². The first-order valence-electron chi connectivity index (χ1n) is 6.49. The molecule has 1 heterocycles. The number of aromatic nitrogens is 3. The van der Waals surface area contributed by atoms with Crippen LogP contribution in [0.2, 0.25) is 0 Å². The van der Waals surface area contributed by atoms with E-state index >= 15 is 0 Å². The molecule has 0 aliphatic carbocycles. The number of nitrogens with zero attached hydrogens (tertiary/aromatic N) is 3. The average Bonchev–Trinajstić information content (AvgIpc) is 2.33. The number of nitrogen functional groups attached to an aromatic ring is 1. The van der Waals surface area contributed by atoms with Crippen LogP contribution in [0.3, 0.4) is 0 Å². The average molecular weight is 269 g/mol. The van der Waals surface area contributed by atoms with Crippen molar-refractivity contribution in [2.45, 2.75) is 39.7 Å². The topological polar surface area (TPSA) is 95.2 Å². The molecule has 19 heavy (non-hydrogen) atoms. The van der Waals surface area contributed by atoms with Gasteiger partial charge in [-0.25, -0.2) is 0 Å². The Morgan fingerprint density at radius 3 is 2.58 bits per heavy atom. The van der Waals surface area contributed by atoms with Gasteiger partial charge < -0.3 is 20.5 Å². The zero-order valence-electron chi connectivity index (χ0n) is 12.1. The van der Waals surface area contributed by atoms with Crippen LogP contribution >= 0.6 is 0 Å². The van der Waals surface area contributed by atoms with Gasteiger partial charge in [-0.05, 0) is 27.2 Å². The first-order valence-corrected chi connectivity index (χ1v) is 6.49. The minimum Gasteiger partial charge on any atom is -0.463 e. The summed E-state index contributed by atoms with van der Waals surface area (Å²) in [5.41, 5.74) is 5.31. The number of rotatable bonds is 8. The van der Waals surface area contributed by atoms with E-state index in [1.54, 1.807) is 0 Å². The molecule has 1 aromatic rings. The zero-order valence-corrected chi connectivity index (χ0v) is 12.1. The summed E-state index contributed by atoms with van der Waals surface area (Å²) in [7, 11) is 0. The number of ether oxygens (including phenoxy) is 2. The van der Waals surface area contributed by atoms with Crippen molar-refractivity contribution in [3.8, 4) is 6.01 Å². The highest BCUT2D eigenvalue weighted by Crippen LogP contribution is 2.13. The Kier molecular flexibility index (Phi) is 5.75. The smallest absolute Gasteiger partial charge is 0.323 e. The fraction of sp³-hybridized carbons (Fsp3) is 0.750. The van der Waals surface area contributed by atoms with Gasteiger partial charge in [0.15, 0.2) is 0 Å². The molecule has 7 nitrogen and oxygen atoms in total. The van der Waals surface area contributed by atoms with Crippen LogP contribution in [-0.2, 0) is 4.74 Å². The molecule has 1 aromatic heterocycles. The first-order chi connectivity index (χ1) is 8.96. The number of anilines is 2. The molecule has 0 aromatic carbocycles. The normalized spacial score (nSPS) is 11.4. The molecule has 0 aliphatic rings. The first kappa shape index (κ1) is 15.4. The number of hydrogen-bond donors (Lipinski definition) is 2. The molecule has 0 amide bonds. The SMILES string of the molecule is CCCOc1nc(N)nc(NCC(C)(C)OCC)n1. The van der Waals surface area contributed by atoms with Crippen LogP contribution in [0.15, 0.2) is 0 Å². The predicted molar refractivity (Wildman–Crippen MR) is 74.2 cm³/mol. The quantitative estimate of drug-likeness (QED) is 0.737. The lowest BCUT2D eigenvalue weighted by Crippen LogP contribution is -2.34. The second kappa shape index (κ2) is 7.08. The second-order valence-electron chi connectivity index (χ2n) is 4.69. The van der Waals surface area contributed by atoms with E-state index in [9.17, 15) is 0 Å². The Hall–Kier alpha value is -1.63. The largest absolute Gasteiger partial charge is 0.463 e. The Morgan fingerprint density at radius 2 is 1.95 bits per heavy atom. The molecule has 0 fully saturated rings. The summed E-state index contributed by atoms with van der Waals surface area (Å²) in [6.45, 7) is 9.71. The van der Waals surface area contributed by atoms with E-state index in [4.69, 9.17) is 15.2 Å². The molecule has 0 saturated heterocycles. The summed E-state index contributed by atoms with van der Waals surface area (Å²) >= 11 is 0. The lowest BCUT2D eigenvalue weighted by atomic mass is 10.1. The summed E-state index contributed by atoms with van der Waals surface area (Å²) in [4.78, 5) is 12.1. The van der Waals surface area contributed by atoms with E-state index in [1.807, 2.05) is 27.7 Å². The minimum atomic E-state index is -0.305. The van der Waals surface area contributed by atoms with Crippen LogP contribution in [-0.4, -0.2) is 40.3 Å². The molecule has 0 unspecified atom stereocenters. The highest BCUT2D eigenvalue weighted by molar-refractivity contribution is 5.32. The third kappa shape index (κ3) is 5.69. The van der Waals surface area contributed by atoms with Gasteiger partial charge in [0, 0.05) is 13.2 Å². The maximum Gasteiger partial charge on any atom is 0.323 e. The number of hydrogen-bond acceptors (Lipinski definition) is 7. The fourth-order valence-electron chi connectivity index (χ4n) is 1.44. The van der Waals surface area contributed by atoms with E-state index < -0.39 is 0 Å².